The number of benzene rings is 1. The molecule has 0 bridgehead atoms. The number of hydrogen-bond acceptors (Lipinski definition) is 1. The van der Waals surface area contributed by atoms with Crippen LogP contribution in [0.5, 0.6) is 0 Å². The third-order valence-corrected chi connectivity index (χ3v) is 2.50. The predicted molar refractivity (Wildman–Crippen MR) is 49.9 cm³/mol. The molecule has 4 heteroatoms. The molecule has 0 saturated heterocycles. The number of nitrogens with two attached hydrogens (primary N) is 1. The van der Waals surface area contributed by atoms with Crippen LogP contribution in [0.25, 0.3) is 0 Å². The van der Waals surface area contributed by atoms with Gasteiger partial charge in [0.1, 0.15) is 5.82 Å². The third-order valence-electron chi connectivity index (χ3n) is 2.05. The maximum Gasteiger partial charge on any atom is 0.152 e. The Morgan fingerprint density at radius 2 is 1.85 bits per heavy atom. The molecule has 0 aliphatic heterocycles. The van der Waals surface area contributed by atoms with Gasteiger partial charge in [0.05, 0.1) is 10.7 Å². The SMILES string of the molecule is CCc1c(F)c(N)c(C)c(Cl)c1F. The van der Waals surface area contributed by atoms with E-state index in [1.54, 1.807) is 6.92 Å². The van der Waals surface area contributed by atoms with E-state index in [0.29, 0.717) is 0 Å². The van der Waals surface area contributed by atoms with Crippen molar-refractivity contribution in [3.05, 3.63) is 27.8 Å². The zero-order chi connectivity index (χ0) is 10.2. The van der Waals surface area contributed by atoms with E-state index in [9.17, 15) is 8.78 Å². The third kappa shape index (κ3) is 1.48. The van der Waals surface area contributed by atoms with E-state index in [1.165, 1.54) is 6.92 Å². The zero-order valence-electron chi connectivity index (χ0n) is 7.42. The average molecular weight is 206 g/mol. The van der Waals surface area contributed by atoms with Crippen LogP contribution < -0.4 is 5.73 Å². The summed E-state index contributed by atoms with van der Waals surface area (Å²) in [7, 11) is 0. The molecule has 1 rings (SSSR count). The molecule has 72 valence electrons. The Morgan fingerprint density at radius 3 is 2.31 bits per heavy atom. The Labute approximate surface area is 80.5 Å². The van der Waals surface area contributed by atoms with E-state index in [4.69, 9.17) is 17.3 Å². The molecule has 13 heavy (non-hydrogen) atoms. The topological polar surface area (TPSA) is 26.0 Å². The van der Waals surface area contributed by atoms with Gasteiger partial charge in [-0.2, -0.15) is 0 Å². The molecule has 0 radical (unpaired) electrons. The minimum Gasteiger partial charge on any atom is -0.396 e. The van der Waals surface area contributed by atoms with E-state index in [0.717, 1.165) is 0 Å². The molecule has 1 aromatic rings. The highest BCUT2D eigenvalue weighted by molar-refractivity contribution is 6.32. The Kier molecular flexibility index (Phi) is 2.76. The number of hydrogen-bond donors (Lipinski definition) is 1. The standard InChI is InChI=1S/C9H10ClF2N/c1-3-5-7(11)6(10)4(2)9(13)8(5)12/h3,13H2,1-2H3. The first kappa shape index (κ1) is 10.3. The molecule has 1 nitrogen and oxygen atoms in total. The van der Waals surface area contributed by atoms with Gasteiger partial charge in [0.2, 0.25) is 0 Å². The van der Waals surface area contributed by atoms with E-state index in [1.807, 2.05) is 0 Å². The Morgan fingerprint density at radius 1 is 1.31 bits per heavy atom. The zero-order valence-corrected chi connectivity index (χ0v) is 8.17. The smallest absolute Gasteiger partial charge is 0.152 e. The van der Waals surface area contributed by atoms with E-state index < -0.39 is 11.6 Å². The van der Waals surface area contributed by atoms with Crippen molar-refractivity contribution in [3.63, 3.8) is 0 Å². The van der Waals surface area contributed by atoms with Crippen LogP contribution >= 0.6 is 11.6 Å². The highest BCUT2D eigenvalue weighted by Crippen LogP contribution is 2.31. The number of anilines is 1. The van der Waals surface area contributed by atoms with Crippen molar-refractivity contribution in [2.45, 2.75) is 20.3 Å². The lowest BCUT2D eigenvalue weighted by Gasteiger charge is -2.10. The molecule has 0 unspecified atom stereocenters. The fourth-order valence-electron chi connectivity index (χ4n) is 1.15. The summed E-state index contributed by atoms with van der Waals surface area (Å²) < 4.78 is 26.6. The molecule has 0 heterocycles. The van der Waals surface area contributed by atoms with Gasteiger partial charge in [0, 0.05) is 5.56 Å². The van der Waals surface area contributed by atoms with Crippen LogP contribution in [0.1, 0.15) is 18.1 Å². The summed E-state index contributed by atoms with van der Waals surface area (Å²) in [6, 6.07) is 0. The quantitative estimate of drug-likeness (QED) is 0.554. The summed E-state index contributed by atoms with van der Waals surface area (Å²) in [6.45, 7) is 3.13. The second-order valence-electron chi connectivity index (χ2n) is 2.81. The lowest BCUT2D eigenvalue weighted by atomic mass is 10.1. The van der Waals surface area contributed by atoms with Gasteiger partial charge < -0.3 is 5.73 Å². The maximum absolute atomic E-state index is 13.3. The number of halogens is 3. The average Bonchev–Trinajstić information content (AvgIpc) is 2.13. The van der Waals surface area contributed by atoms with Gasteiger partial charge in [-0.1, -0.05) is 18.5 Å². The molecule has 0 aromatic heterocycles. The summed E-state index contributed by atoms with van der Waals surface area (Å²) in [4.78, 5) is 0. The van der Waals surface area contributed by atoms with E-state index in [-0.39, 0.29) is 28.3 Å². The monoisotopic (exact) mass is 205 g/mol. The Bertz CT molecular complexity index is 321. The van der Waals surface area contributed by atoms with E-state index in [2.05, 4.69) is 0 Å². The normalized spacial score (nSPS) is 10.5. The van der Waals surface area contributed by atoms with Crippen molar-refractivity contribution in [2.75, 3.05) is 5.73 Å². The molecule has 0 aliphatic rings. The lowest BCUT2D eigenvalue weighted by Crippen LogP contribution is -2.03. The minimum atomic E-state index is -0.701. The number of rotatable bonds is 1. The maximum atomic E-state index is 13.3. The molecule has 1 aromatic carbocycles. The molecular weight excluding hydrogens is 196 g/mol. The van der Waals surface area contributed by atoms with Crippen LogP contribution in [0.15, 0.2) is 0 Å². The molecule has 0 fully saturated rings. The van der Waals surface area contributed by atoms with Crippen LogP contribution in [0.4, 0.5) is 14.5 Å². The number of nitrogen functional groups attached to an aromatic ring is 1. The molecule has 0 saturated carbocycles. The van der Waals surface area contributed by atoms with Gasteiger partial charge in [0.25, 0.3) is 0 Å². The molecule has 0 spiro atoms. The fourth-order valence-corrected chi connectivity index (χ4v) is 1.37. The van der Waals surface area contributed by atoms with Crippen molar-refractivity contribution in [3.8, 4) is 0 Å². The first-order chi connectivity index (χ1) is 6.00. The predicted octanol–water partition coefficient (Wildman–Crippen LogP) is 3.07. The summed E-state index contributed by atoms with van der Waals surface area (Å²) in [6.07, 6.45) is 0.238. The van der Waals surface area contributed by atoms with Crippen LogP contribution in [-0.2, 0) is 6.42 Å². The Hall–Kier alpha value is -0.830. The van der Waals surface area contributed by atoms with Crippen molar-refractivity contribution >= 4 is 17.3 Å². The van der Waals surface area contributed by atoms with Crippen molar-refractivity contribution in [1.82, 2.24) is 0 Å². The molecule has 0 aliphatic carbocycles. The van der Waals surface area contributed by atoms with Crippen molar-refractivity contribution in [2.24, 2.45) is 0 Å². The lowest BCUT2D eigenvalue weighted by molar-refractivity contribution is 0.560. The van der Waals surface area contributed by atoms with Gasteiger partial charge >= 0.3 is 0 Å². The summed E-state index contributed by atoms with van der Waals surface area (Å²) >= 11 is 5.62. The molecule has 0 amide bonds. The van der Waals surface area contributed by atoms with Gasteiger partial charge in [-0.05, 0) is 18.9 Å². The second kappa shape index (κ2) is 3.50. The molecular formula is C9H10ClF2N. The van der Waals surface area contributed by atoms with Gasteiger partial charge in [0.15, 0.2) is 5.82 Å². The van der Waals surface area contributed by atoms with Crippen LogP contribution in [0, 0.1) is 18.6 Å². The first-order valence-electron chi connectivity index (χ1n) is 3.92. The first-order valence-corrected chi connectivity index (χ1v) is 4.29. The van der Waals surface area contributed by atoms with Crippen molar-refractivity contribution < 1.29 is 8.78 Å². The van der Waals surface area contributed by atoms with Gasteiger partial charge in [-0.25, -0.2) is 8.78 Å². The second-order valence-corrected chi connectivity index (χ2v) is 3.19. The van der Waals surface area contributed by atoms with Crippen LogP contribution in [0.2, 0.25) is 5.02 Å². The van der Waals surface area contributed by atoms with Crippen LogP contribution in [0.3, 0.4) is 0 Å². The highest BCUT2D eigenvalue weighted by Gasteiger charge is 2.17. The van der Waals surface area contributed by atoms with Gasteiger partial charge in [-0.3, -0.25) is 0 Å². The largest absolute Gasteiger partial charge is 0.396 e. The van der Waals surface area contributed by atoms with E-state index >= 15 is 0 Å². The van der Waals surface area contributed by atoms with Crippen LogP contribution in [-0.4, -0.2) is 0 Å². The van der Waals surface area contributed by atoms with Crippen molar-refractivity contribution in [1.29, 1.82) is 0 Å². The summed E-state index contributed by atoms with van der Waals surface area (Å²) in [5.74, 6) is -1.39. The Balaban J connectivity index is 3.56. The summed E-state index contributed by atoms with van der Waals surface area (Å²) in [5.41, 5.74) is 5.55. The summed E-state index contributed by atoms with van der Waals surface area (Å²) in [5, 5.41) is -0.0873. The molecule has 0 atom stereocenters. The van der Waals surface area contributed by atoms with Gasteiger partial charge in [-0.15, -0.1) is 0 Å². The minimum absolute atomic E-state index is 0.0481. The fraction of sp³-hybridized carbons (Fsp3) is 0.333. The highest BCUT2D eigenvalue weighted by atomic mass is 35.5. The molecule has 2 N–H and O–H groups in total.